The molecule has 5 nitrogen and oxygen atoms in total. The van der Waals surface area contributed by atoms with Crippen molar-refractivity contribution < 1.29 is 4.74 Å². The average Bonchev–Trinajstić information content (AvgIpc) is 2.91. The van der Waals surface area contributed by atoms with Gasteiger partial charge in [-0.25, -0.2) is 4.98 Å². The standard InChI is InChI=1S/C15H26N4O/c1-4-9-20-14-12(16)13(17-11-18-14)19-8-7-15(5-2,6-3)10-19/h11H,4-10,16H2,1-3H3. The summed E-state index contributed by atoms with van der Waals surface area (Å²) in [5, 5.41) is 0. The normalized spacial score (nSPS) is 17.4. The summed E-state index contributed by atoms with van der Waals surface area (Å²) in [7, 11) is 0. The summed E-state index contributed by atoms with van der Waals surface area (Å²) >= 11 is 0. The molecule has 1 aromatic heterocycles. The molecule has 2 heterocycles. The number of nitrogens with zero attached hydrogens (tertiary/aromatic N) is 3. The van der Waals surface area contributed by atoms with Gasteiger partial charge in [0.1, 0.15) is 12.0 Å². The molecule has 0 unspecified atom stereocenters. The molecule has 2 N–H and O–H groups in total. The molecule has 1 fully saturated rings. The van der Waals surface area contributed by atoms with E-state index >= 15 is 0 Å². The van der Waals surface area contributed by atoms with Gasteiger partial charge in [0, 0.05) is 13.1 Å². The second-order valence-electron chi connectivity index (χ2n) is 5.64. The molecule has 1 aromatic rings. The van der Waals surface area contributed by atoms with E-state index in [1.165, 1.54) is 19.3 Å². The van der Waals surface area contributed by atoms with Crippen molar-refractivity contribution in [3.63, 3.8) is 0 Å². The molecule has 0 amide bonds. The van der Waals surface area contributed by atoms with Gasteiger partial charge in [0.05, 0.1) is 6.61 Å². The molecule has 0 saturated carbocycles. The van der Waals surface area contributed by atoms with E-state index in [1.54, 1.807) is 6.33 Å². The predicted octanol–water partition coefficient (Wildman–Crippen LogP) is 2.86. The number of nitrogen functional groups attached to an aromatic ring is 1. The zero-order valence-corrected chi connectivity index (χ0v) is 12.9. The Morgan fingerprint density at radius 2 is 2.05 bits per heavy atom. The van der Waals surface area contributed by atoms with Crippen LogP contribution >= 0.6 is 0 Å². The summed E-state index contributed by atoms with van der Waals surface area (Å²) in [6, 6.07) is 0. The molecule has 1 aliphatic rings. The largest absolute Gasteiger partial charge is 0.476 e. The van der Waals surface area contributed by atoms with E-state index < -0.39 is 0 Å². The van der Waals surface area contributed by atoms with Crippen molar-refractivity contribution in [2.24, 2.45) is 5.41 Å². The summed E-state index contributed by atoms with van der Waals surface area (Å²) < 4.78 is 5.59. The van der Waals surface area contributed by atoms with Crippen LogP contribution in [-0.2, 0) is 0 Å². The first kappa shape index (κ1) is 14.9. The van der Waals surface area contributed by atoms with E-state index in [2.05, 4.69) is 35.6 Å². The quantitative estimate of drug-likeness (QED) is 0.866. The van der Waals surface area contributed by atoms with Gasteiger partial charge >= 0.3 is 0 Å². The molecule has 0 bridgehead atoms. The lowest BCUT2D eigenvalue weighted by atomic mass is 9.82. The number of rotatable bonds is 6. The molecule has 1 aliphatic heterocycles. The number of hydrogen-bond acceptors (Lipinski definition) is 5. The minimum atomic E-state index is 0.405. The van der Waals surface area contributed by atoms with Crippen molar-refractivity contribution in [2.75, 3.05) is 30.3 Å². The van der Waals surface area contributed by atoms with Crippen LogP contribution in [0.4, 0.5) is 11.5 Å². The van der Waals surface area contributed by atoms with Crippen molar-refractivity contribution in [3.8, 4) is 5.88 Å². The maximum atomic E-state index is 6.18. The monoisotopic (exact) mass is 278 g/mol. The Hall–Kier alpha value is -1.52. The fourth-order valence-electron chi connectivity index (χ4n) is 2.88. The highest BCUT2D eigenvalue weighted by Crippen LogP contribution is 2.40. The molecule has 1 saturated heterocycles. The van der Waals surface area contributed by atoms with E-state index in [-0.39, 0.29) is 0 Å². The highest BCUT2D eigenvalue weighted by Gasteiger charge is 2.36. The van der Waals surface area contributed by atoms with Crippen molar-refractivity contribution >= 4 is 11.5 Å². The maximum absolute atomic E-state index is 6.18. The first-order valence-electron chi connectivity index (χ1n) is 7.64. The zero-order chi connectivity index (χ0) is 14.6. The summed E-state index contributed by atoms with van der Waals surface area (Å²) in [6.07, 6.45) is 6.09. The van der Waals surface area contributed by atoms with Crippen LogP contribution in [0.3, 0.4) is 0 Å². The average molecular weight is 278 g/mol. The summed E-state index contributed by atoms with van der Waals surface area (Å²) in [5.74, 6) is 1.34. The topological polar surface area (TPSA) is 64.3 Å². The van der Waals surface area contributed by atoms with Crippen LogP contribution in [0.2, 0.25) is 0 Å². The van der Waals surface area contributed by atoms with Gasteiger partial charge in [0.15, 0.2) is 5.82 Å². The Bertz CT molecular complexity index is 445. The first-order valence-corrected chi connectivity index (χ1v) is 7.64. The van der Waals surface area contributed by atoms with Crippen molar-refractivity contribution in [3.05, 3.63) is 6.33 Å². The molecule has 0 aliphatic carbocycles. The second-order valence-corrected chi connectivity index (χ2v) is 5.64. The highest BCUT2D eigenvalue weighted by molar-refractivity contribution is 5.68. The van der Waals surface area contributed by atoms with Crippen molar-refractivity contribution in [1.29, 1.82) is 0 Å². The number of ether oxygens (including phenoxy) is 1. The van der Waals surface area contributed by atoms with Gasteiger partial charge in [0.2, 0.25) is 5.88 Å². The Balaban J connectivity index is 2.18. The molecular formula is C15H26N4O. The van der Waals surface area contributed by atoms with Crippen LogP contribution in [0.15, 0.2) is 6.33 Å². The Morgan fingerprint density at radius 3 is 2.65 bits per heavy atom. The second kappa shape index (κ2) is 6.29. The van der Waals surface area contributed by atoms with Crippen LogP contribution in [0.5, 0.6) is 5.88 Å². The molecule has 0 radical (unpaired) electrons. The van der Waals surface area contributed by atoms with E-state index in [9.17, 15) is 0 Å². The van der Waals surface area contributed by atoms with E-state index in [4.69, 9.17) is 10.5 Å². The third-order valence-corrected chi connectivity index (χ3v) is 4.51. The summed E-state index contributed by atoms with van der Waals surface area (Å²) in [5.41, 5.74) is 7.16. The first-order chi connectivity index (χ1) is 9.65. The molecule has 0 atom stereocenters. The van der Waals surface area contributed by atoms with Gasteiger partial charge < -0.3 is 15.4 Å². The Kier molecular flexibility index (Phi) is 4.68. The molecular weight excluding hydrogens is 252 g/mol. The van der Waals surface area contributed by atoms with E-state index in [0.717, 1.165) is 25.3 Å². The number of anilines is 2. The third kappa shape index (κ3) is 2.81. The smallest absolute Gasteiger partial charge is 0.242 e. The lowest BCUT2D eigenvalue weighted by Gasteiger charge is -2.27. The molecule has 0 aromatic carbocycles. The minimum absolute atomic E-state index is 0.405. The van der Waals surface area contributed by atoms with Crippen LogP contribution in [0.1, 0.15) is 46.5 Å². The van der Waals surface area contributed by atoms with Gasteiger partial charge in [-0.2, -0.15) is 4.98 Å². The van der Waals surface area contributed by atoms with Crippen molar-refractivity contribution in [1.82, 2.24) is 9.97 Å². The van der Waals surface area contributed by atoms with Gasteiger partial charge in [-0.15, -0.1) is 0 Å². The molecule has 20 heavy (non-hydrogen) atoms. The SMILES string of the molecule is CCCOc1ncnc(N2CCC(CC)(CC)C2)c1N. The highest BCUT2D eigenvalue weighted by atomic mass is 16.5. The lowest BCUT2D eigenvalue weighted by molar-refractivity contribution is 0.300. The molecule has 112 valence electrons. The predicted molar refractivity (Wildman–Crippen MR) is 82.1 cm³/mol. The number of aromatic nitrogens is 2. The maximum Gasteiger partial charge on any atom is 0.242 e. The Morgan fingerprint density at radius 1 is 1.30 bits per heavy atom. The zero-order valence-electron chi connectivity index (χ0n) is 12.9. The van der Waals surface area contributed by atoms with Gasteiger partial charge in [-0.1, -0.05) is 20.8 Å². The van der Waals surface area contributed by atoms with Gasteiger partial charge in [-0.3, -0.25) is 0 Å². The van der Waals surface area contributed by atoms with E-state index in [1.807, 2.05) is 0 Å². The summed E-state index contributed by atoms with van der Waals surface area (Å²) in [4.78, 5) is 10.8. The Labute approximate surface area is 121 Å². The van der Waals surface area contributed by atoms with Crippen molar-refractivity contribution in [2.45, 2.75) is 46.5 Å². The molecule has 5 heteroatoms. The van der Waals surface area contributed by atoms with Crippen LogP contribution in [0, 0.1) is 5.41 Å². The van der Waals surface area contributed by atoms with Gasteiger partial charge in [-0.05, 0) is 31.1 Å². The van der Waals surface area contributed by atoms with E-state index in [0.29, 0.717) is 23.6 Å². The molecule has 0 spiro atoms. The third-order valence-electron chi connectivity index (χ3n) is 4.51. The van der Waals surface area contributed by atoms with Gasteiger partial charge in [0.25, 0.3) is 0 Å². The minimum Gasteiger partial charge on any atom is -0.476 e. The molecule has 2 rings (SSSR count). The van der Waals surface area contributed by atoms with Crippen LogP contribution < -0.4 is 15.4 Å². The number of hydrogen-bond donors (Lipinski definition) is 1. The fraction of sp³-hybridized carbons (Fsp3) is 0.733. The summed E-state index contributed by atoms with van der Waals surface area (Å²) in [6.45, 7) is 9.27. The number of nitrogens with two attached hydrogens (primary N) is 1. The fourth-order valence-corrected chi connectivity index (χ4v) is 2.88. The lowest BCUT2D eigenvalue weighted by Crippen LogP contribution is -2.27. The van der Waals surface area contributed by atoms with Crippen LogP contribution in [0.25, 0.3) is 0 Å². The van der Waals surface area contributed by atoms with Crippen LogP contribution in [-0.4, -0.2) is 29.7 Å².